The summed E-state index contributed by atoms with van der Waals surface area (Å²) in [6, 6.07) is 1.26. The van der Waals surface area contributed by atoms with Crippen LogP contribution in [0, 0.1) is 10.1 Å². The normalized spacial score (nSPS) is 10.1. The lowest BCUT2D eigenvalue weighted by atomic mass is 9.97. The minimum atomic E-state index is -0.630. The number of anilines is 1. The number of carbonyl (C=O) groups is 2. The van der Waals surface area contributed by atoms with Crippen molar-refractivity contribution in [2.24, 2.45) is 5.73 Å². The topological polar surface area (TPSA) is 115 Å². The molecule has 108 valence electrons. The molecular formula is C12H14ClN3O4. The summed E-state index contributed by atoms with van der Waals surface area (Å²) in [5.41, 5.74) is 5.56. The number of carbonyl (C=O) groups excluding carboxylic acids is 2. The molecule has 0 saturated heterocycles. The van der Waals surface area contributed by atoms with E-state index in [1.807, 2.05) is 6.92 Å². The van der Waals surface area contributed by atoms with E-state index in [0.717, 1.165) is 0 Å². The van der Waals surface area contributed by atoms with E-state index in [-0.39, 0.29) is 22.8 Å². The maximum atomic E-state index is 11.2. The van der Waals surface area contributed by atoms with Gasteiger partial charge in [0.25, 0.3) is 5.69 Å². The Bertz CT molecular complexity index is 560. The molecule has 3 N–H and O–H groups in total. The first kappa shape index (κ1) is 15.9. The summed E-state index contributed by atoms with van der Waals surface area (Å²) in [6.07, 6.45) is 1.12. The average molecular weight is 300 g/mol. The third kappa shape index (κ3) is 3.45. The summed E-state index contributed by atoms with van der Waals surface area (Å²) >= 11 is 6.04. The maximum absolute atomic E-state index is 11.2. The van der Waals surface area contributed by atoms with Crippen LogP contribution in [0.2, 0.25) is 5.02 Å². The zero-order chi connectivity index (χ0) is 15.3. The second-order valence-corrected chi connectivity index (χ2v) is 4.53. The molecule has 0 aliphatic carbocycles. The van der Waals surface area contributed by atoms with Gasteiger partial charge in [-0.05, 0) is 18.1 Å². The van der Waals surface area contributed by atoms with Gasteiger partial charge in [0.2, 0.25) is 12.3 Å². The molecule has 0 aliphatic rings. The number of halogens is 1. The van der Waals surface area contributed by atoms with Crippen molar-refractivity contribution in [1.82, 2.24) is 0 Å². The Morgan fingerprint density at radius 1 is 1.55 bits per heavy atom. The van der Waals surface area contributed by atoms with Gasteiger partial charge in [-0.15, -0.1) is 0 Å². The van der Waals surface area contributed by atoms with Crippen molar-refractivity contribution in [1.29, 1.82) is 0 Å². The minimum absolute atomic E-state index is 0.00618. The SMILES string of the molecule is CCCc1c(CC(N)=O)c(Cl)cc(NC=O)c1[N+](=O)[O-]. The molecule has 0 saturated carbocycles. The number of nitrogens with two attached hydrogens (primary N) is 1. The van der Waals surface area contributed by atoms with Gasteiger partial charge in [0, 0.05) is 10.6 Å². The fourth-order valence-corrected chi connectivity index (χ4v) is 2.29. The summed E-state index contributed by atoms with van der Waals surface area (Å²) < 4.78 is 0. The van der Waals surface area contributed by atoms with E-state index < -0.39 is 10.8 Å². The summed E-state index contributed by atoms with van der Waals surface area (Å²) in [5.74, 6) is -0.630. The Morgan fingerprint density at radius 2 is 2.20 bits per heavy atom. The van der Waals surface area contributed by atoms with Crippen LogP contribution in [0.3, 0.4) is 0 Å². The standard InChI is InChI=1S/C12H14ClN3O4/c1-2-3-7-8(4-11(14)18)9(13)5-10(15-6-17)12(7)16(19)20/h5-6H,2-4H2,1H3,(H2,14,18)(H,15,17). The molecule has 0 unspecified atom stereocenters. The molecule has 0 radical (unpaired) electrons. The Kier molecular flexibility index (Phi) is 5.45. The molecule has 2 amide bonds. The Labute approximate surface area is 120 Å². The van der Waals surface area contributed by atoms with Gasteiger partial charge in [0.1, 0.15) is 5.69 Å². The number of benzene rings is 1. The molecule has 8 heteroatoms. The Balaban J connectivity index is 3.59. The lowest BCUT2D eigenvalue weighted by Crippen LogP contribution is -2.16. The number of hydrogen-bond donors (Lipinski definition) is 2. The van der Waals surface area contributed by atoms with Crippen molar-refractivity contribution in [3.05, 3.63) is 32.3 Å². The zero-order valence-corrected chi connectivity index (χ0v) is 11.6. The van der Waals surface area contributed by atoms with Gasteiger partial charge in [-0.1, -0.05) is 24.9 Å². The largest absolute Gasteiger partial charge is 0.369 e. The highest BCUT2D eigenvalue weighted by atomic mass is 35.5. The van der Waals surface area contributed by atoms with Crippen LogP contribution in [0.25, 0.3) is 0 Å². The molecule has 0 heterocycles. The second-order valence-electron chi connectivity index (χ2n) is 4.12. The van der Waals surface area contributed by atoms with E-state index >= 15 is 0 Å². The van der Waals surface area contributed by atoms with Gasteiger partial charge >= 0.3 is 0 Å². The van der Waals surface area contributed by atoms with Gasteiger partial charge in [-0.2, -0.15) is 0 Å². The quantitative estimate of drug-likeness (QED) is 0.453. The van der Waals surface area contributed by atoms with E-state index in [0.29, 0.717) is 30.4 Å². The van der Waals surface area contributed by atoms with Crippen molar-refractivity contribution < 1.29 is 14.5 Å². The predicted molar refractivity (Wildman–Crippen MR) is 74.7 cm³/mol. The molecule has 20 heavy (non-hydrogen) atoms. The van der Waals surface area contributed by atoms with Crippen molar-refractivity contribution >= 4 is 35.3 Å². The number of nitrogens with zero attached hydrogens (tertiary/aromatic N) is 1. The third-order valence-corrected chi connectivity index (χ3v) is 3.05. The van der Waals surface area contributed by atoms with E-state index in [1.54, 1.807) is 0 Å². The summed E-state index contributed by atoms with van der Waals surface area (Å²) in [7, 11) is 0. The summed E-state index contributed by atoms with van der Waals surface area (Å²) in [5, 5.41) is 13.7. The number of primary amides is 1. The molecule has 1 aromatic rings. The highest BCUT2D eigenvalue weighted by Crippen LogP contribution is 2.37. The van der Waals surface area contributed by atoms with E-state index in [9.17, 15) is 19.7 Å². The number of nitro benzene ring substituents is 1. The van der Waals surface area contributed by atoms with Crippen LogP contribution in [-0.2, 0) is 22.4 Å². The van der Waals surface area contributed by atoms with Gasteiger partial charge in [0.05, 0.1) is 11.3 Å². The molecule has 0 bridgehead atoms. The Hall–Kier alpha value is -2.15. The molecule has 1 rings (SSSR count). The van der Waals surface area contributed by atoms with Gasteiger partial charge < -0.3 is 11.1 Å². The minimum Gasteiger partial charge on any atom is -0.369 e. The van der Waals surface area contributed by atoms with Crippen molar-refractivity contribution in [3.63, 3.8) is 0 Å². The molecule has 0 aliphatic heterocycles. The van der Waals surface area contributed by atoms with Gasteiger partial charge in [0.15, 0.2) is 0 Å². The van der Waals surface area contributed by atoms with Gasteiger partial charge in [-0.3, -0.25) is 19.7 Å². The lowest BCUT2D eigenvalue weighted by molar-refractivity contribution is -0.384. The molecular weight excluding hydrogens is 286 g/mol. The number of amides is 2. The van der Waals surface area contributed by atoms with Crippen molar-refractivity contribution in [3.8, 4) is 0 Å². The van der Waals surface area contributed by atoms with Crippen LogP contribution < -0.4 is 11.1 Å². The average Bonchev–Trinajstić information content (AvgIpc) is 2.33. The number of nitrogens with one attached hydrogen (secondary N) is 1. The molecule has 0 spiro atoms. The lowest BCUT2D eigenvalue weighted by Gasteiger charge is -2.13. The molecule has 7 nitrogen and oxygen atoms in total. The highest BCUT2D eigenvalue weighted by Gasteiger charge is 2.25. The van der Waals surface area contributed by atoms with Crippen LogP contribution in [0.15, 0.2) is 6.07 Å². The zero-order valence-electron chi connectivity index (χ0n) is 10.8. The smallest absolute Gasteiger partial charge is 0.296 e. The summed E-state index contributed by atoms with van der Waals surface area (Å²) in [6.45, 7) is 1.84. The molecule has 0 aromatic heterocycles. The first-order valence-electron chi connectivity index (χ1n) is 5.89. The van der Waals surface area contributed by atoms with Crippen LogP contribution in [-0.4, -0.2) is 17.2 Å². The molecule has 1 aromatic carbocycles. The first-order chi connectivity index (χ1) is 9.42. The third-order valence-electron chi connectivity index (χ3n) is 2.71. The molecule has 0 atom stereocenters. The van der Waals surface area contributed by atoms with Crippen LogP contribution in [0.5, 0.6) is 0 Å². The van der Waals surface area contributed by atoms with Crippen molar-refractivity contribution in [2.75, 3.05) is 5.32 Å². The van der Waals surface area contributed by atoms with Gasteiger partial charge in [-0.25, -0.2) is 0 Å². The van der Waals surface area contributed by atoms with E-state index in [2.05, 4.69) is 5.32 Å². The second kappa shape index (κ2) is 6.85. The number of nitro groups is 1. The number of rotatable bonds is 7. The van der Waals surface area contributed by atoms with Crippen LogP contribution >= 0.6 is 11.6 Å². The Morgan fingerprint density at radius 3 is 2.65 bits per heavy atom. The number of hydrogen-bond acceptors (Lipinski definition) is 4. The monoisotopic (exact) mass is 299 g/mol. The fraction of sp³-hybridized carbons (Fsp3) is 0.333. The molecule has 0 fully saturated rings. The van der Waals surface area contributed by atoms with E-state index in [1.165, 1.54) is 6.07 Å². The fourth-order valence-electron chi connectivity index (χ4n) is 2.00. The maximum Gasteiger partial charge on any atom is 0.296 e. The van der Waals surface area contributed by atoms with Crippen LogP contribution in [0.1, 0.15) is 24.5 Å². The first-order valence-corrected chi connectivity index (χ1v) is 6.27. The highest BCUT2D eigenvalue weighted by molar-refractivity contribution is 6.32. The predicted octanol–water partition coefficient (Wildman–Crippen LogP) is 1.80. The van der Waals surface area contributed by atoms with Crippen molar-refractivity contribution in [2.45, 2.75) is 26.2 Å². The van der Waals surface area contributed by atoms with Crippen LogP contribution in [0.4, 0.5) is 11.4 Å². The summed E-state index contributed by atoms with van der Waals surface area (Å²) in [4.78, 5) is 32.3. The van der Waals surface area contributed by atoms with E-state index in [4.69, 9.17) is 17.3 Å².